The van der Waals surface area contributed by atoms with E-state index in [2.05, 4.69) is 6.07 Å². The zero-order valence-electron chi connectivity index (χ0n) is 15.9. The normalized spacial score (nSPS) is 11.3. The number of benzene rings is 3. The van der Waals surface area contributed by atoms with Crippen molar-refractivity contribution in [2.75, 3.05) is 6.61 Å². The van der Waals surface area contributed by atoms with Gasteiger partial charge in [-0.15, -0.1) is 0 Å². The molecule has 0 bridgehead atoms. The third kappa shape index (κ3) is 4.57. The number of carbonyl (C=O) groups is 1. The molecule has 0 N–H and O–H groups in total. The van der Waals surface area contributed by atoms with Gasteiger partial charge in [-0.1, -0.05) is 24.3 Å². The summed E-state index contributed by atoms with van der Waals surface area (Å²) in [5, 5.41) is 8.88. The predicted octanol–water partition coefficient (Wildman–Crippen LogP) is 5.27. The minimum atomic E-state index is -0.598. The van der Waals surface area contributed by atoms with Crippen molar-refractivity contribution in [1.82, 2.24) is 0 Å². The first-order valence-electron chi connectivity index (χ1n) is 9.15. The predicted molar refractivity (Wildman–Crippen MR) is 109 cm³/mol. The second kappa shape index (κ2) is 8.88. The number of nitriles is 1. The molecule has 0 saturated carbocycles. The Morgan fingerprint density at radius 1 is 0.893 bits per heavy atom. The Bertz CT molecular complexity index is 968. The van der Waals surface area contributed by atoms with Crippen LogP contribution in [0.3, 0.4) is 0 Å². The molecule has 0 aliphatic carbocycles. The number of rotatable bonds is 7. The van der Waals surface area contributed by atoms with Gasteiger partial charge in [-0.3, -0.25) is 4.79 Å². The van der Waals surface area contributed by atoms with Gasteiger partial charge in [0.1, 0.15) is 11.5 Å². The van der Waals surface area contributed by atoms with E-state index in [4.69, 9.17) is 14.7 Å². The van der Waals surface area contributed by atoms with Gasteiger partial charge in [-0.05, 0) is 73.5 Å². The molecule has 0 aromatic heterocycles. The largest absolute Gasteiger partial charge is 0.494 e. The summed E-state index contributed by atoms with van der Waals surface area (Å²) < 4.78 is 11.2. The van der Waals surface area contributed by atoms with Gasteiger partial charge < -0.3 is 9.47 Å². The molecule has 4 heteroatoms. The summed E-state index contributed by atoms with van der Waals surface area (Å²) in [5.41, 5.74) is 3.25. The highest BCUT2D eigenvalue weighted by Gasteiger charge is 2.17. The van der Waals surface area contributed by atoms with Gasteiger partial charge in [-0.2, -0.15) is 5.26 Å². The van der Waals surface area contributed by atoms with Crippen LogP contribution in [0.25, 0.3) is 11.1 Å². The van der Waals surface area contributed by atoms with Crippen molar-refractivity contribution in [2.45, 2.75) is 20.0 Å². The van der Waals surface area contributed by atoms with Crippen molar-refractivity contribution < 1.29 is 14.3 Å². The van der Waals surface area contributed by atoms with Crippen LogP contribution in [0.5, 0.6) is 11.5 Å². The first-order valence-corrected chi connectivity index (χ1v) is 9.15. The van der Waals surface area contributed by atoms with E-state index in [1.165, 1.54) is 0 Å². The van der Waals surface area contributed by atoms with E-state index in [0.29, 0.717) is 23.5 Å². The summed E-state index contributed by atoms with van der Waals surface area (Å²) in [6, 6.07) is 24.1. The molecule has 3 rings (SSSR count). The van der Waals surface area contributed by atoms with Crippen molar-refractivity contribution in [3.8, 4) is 28.7 Å². The average Bonchev–Trinajstić information content (AvgIpc) is 2.74. The summed E-state index contributed by atoms with van der Waals surface area (Å²) in [6.45, 7) is 4.25. The second-order valence-electron chi connectivity index (χ2n) is 6.30. The van der Waals surface area contributed by atoms with E-state index in [-0.39, 0.29) is 5.78 Å². The lowest BCUT2D eigenvalue weighted by atomic mass is 10.0. The maximum atomic E-state index is 12.6. The fourth-order valence-electron chi connectivity index (χ4n) is 2.84. The average molecular weight is 371 g/mol. The highest BCUT2D eigenvalue weighted by molar-refractivity contribution is 5.99. The van der Waals surface area contributed by atoms with Crippen LogP contribution in [-0.4, -0.2) is 18.5 Å². The fraction of sp³-hybridized carbons (Fsp3) is 0.167. The lowest BCUT2D eigenvalue weighted by Gasteiger charge is -2.14. The molecule has 0 aliphatic rings. The minimum Gasteiger partial charge on any atom is -0.494 e. The standard InChI is InChI=1S/C24H21NO3/c1-3-27-22-12-10-21(11-13-22)24(26)17(2)28-23-14-8-20(9-15-23)19-6-4-18(16-25)5-7-19/h4-15,17H,3H2,1-2H3/t17-/m1/s1. The molecule has 140 valence electrons. The molecule has 0 aliphatic heterocycles. The third-order valence-electron chi connectivity index (χ3n) is 4.33. The molecule has 0 amide bonds. The van der Waals surface area contributed by atoms with Gasteiger partial charge >= 0.3 is 0 Å². The Morgan fingerprint density at radius 2 is 1.43 bits per heavy atom. The smallest absolute Gasteiger partial charge is 0.202 e. The summed E-state index contributed by atoms with van der Waals surface area (Å²) in [4.78, 5) is 12.6. The van der Waals surface area contributed by atoms with Crippen LogP contribution in [0.2, 0.25) is 0 Å². The van der Waals surface area contributed by atoms with Crippen molar-refractivity contribution in [2.24, 2.45) is 0 Å². The quantitative estimate of drug-likeness (QED) is 0.531. The number of ketones is 1. The Morgan fingerprint density at radius 3 is 1.96 bits per heavy atom. The van der Waals surface area contributed by atoms with Crippen molar-refractivity contribution in [3.05, 3.63) is 83.9 Å². The number of Topliss-reactive ketones (excluding diaryl/α,β-unsaturated/α-hetero) is 1. The molecule has 3 aromatic carbocycles. The lowest BCUT2D eigenvalue weighted by Crippen LogP contribution is -2.23. The van der Waals surface area contributed by atoms with E-state index in [0.717, 1.165) is 16.9 Å². The monoisotopic (exact) mass is 371 g/mol. The number of hydrogen-bond acceptors (Lipinski definition) is 4. The molecule has 0 unspecified atom stereocenters. The summed E-state index contributed by atoms with van der Waals surface area (Å²) >= 11 is 0. The van der Waals surface area contributed by atoms with E-state index < -0.39 is 6.10 Å². The summed E-state index contributed by atoms with van der Waals surface area (Å²) in [5.74, 6) is 1.29. The van der Waals surface area contributed by atoms with E-state index >= 15 is 0 Å². The molecule has 1 atom stereocenters. The van der Waals surface area contributed by atoms with E-state index in [1.54, 1.807) is 43.3 Å². The zero-order valence-corrected chi connectivity index (χ0v) is 15.9. The molecular formula is C24H21NO3. The van der Waals surface area contributed by atoms with Gasteiger partial charge in [0.2, 0.25) is 5.78 Å². The maximum absolute atomic E-state index is 12.6. The Kier molecular flexibility index (Phi) is 6.08. The highest BCUT2D eigenvalue weighted by atomic mass is 16.5. The Balaban J connectivity index is 1.65. The molecule has 0 fully saturated rings. The molecule has 0 spiro atoms. The topological polar surface area (TPSA) is 59.3 Å². The highest BCUT2D eigenvalue weighted by Crippen LogP contribution is 2.24. The molecule has 4 nitrogen and oxygen atoms in total. The van der Waals surface area contributed by atoms with Gasteiger partial charge in [0.15, 0.2) is 6.10 Å². The SMILES string of the molecule is CCOc1ccc(C(=O)[C@@H](C)Oc2ccc(-c3ccc(C#N)cc3)cc2)cc1. The number of nitrogens with zero attached hydrogens (tertiary/aromatic N) is 1. The van der Waals surface area contributed by atoms with Crippen LogP contribution in [0.1, 0.15) is 29.8 Å². The van der Waals surface area contributed by atoms with Crippen LogP contribution in [0, 0.1) is 11.3 Å². The van der Waals surface area contributed by atoms with E-state index in [9.17, 15) is 4.79 Å². The summed E-state index contributed by atoms with van der Waals surface area (Å²) in [7, 11) is 0. The van der Waals surface area contributed by atoms with Crippen molar-refractivity contribution >= 4 is 5.78 Å². The first kappa shape index (κ1) is 19.2. The van der Waals surface area contributed by atoms with Crippen LogP contribution in [-0.2, 0) is 0 Å². The van der Waals surface area contributed by atoms with Gasteiger partial charge in [0.05, 0.1) is 18.2 Å². The molecule has 28 heavy (non-hydrogen) atoms. The first-order chi connectivity index (χ1) is 13.6. The molecule has 0 saturated heterocycles. The van der Waals surface area contributed by atoms with Crippen molar-refractivity contribution in [3.63, 3.8) is 0 Å². The van der Waals surface area contributed by atoms with Crippen LogP contribution >= 0.6 is 0 Å². The molecule has 3 aromatic rings. The number of ether oxygens (including phenoxy) is 2. The minimum absolute atomic E-state index is 0.0841. The molecule has 0 radical (unpaired) electrons. The van der Waals surface area contributed by atoms with Crippen LogP contribution in [0.15, 0.2) is 72.8 Å². The number of carbonyl (C=O) groups excluding carboxylic acids is 1. The van der Waals surface area contributed by atoms with Gasteiger partial charge in [0, 0.05) is 5.56 Å². The molecule has 0 heterocycles. The molecular weight excluding hydrogens is 350 g/mol. The Hall–Kier alpha value is -3.58. The lowest BCUT2D eigenvalue weighted by molar-refractivity contribution is 0.0818. The van der Waals surface area contributed by atoms with Crippen molar-refractivity contribution in [1.29, 1.82) is 5.26 Å². The van der Waals surface area contributed by atoms with Gasteiger partial charge in [-0.25, -0.2) is 0 Å². The summed E-state index contributed by atoms with van der Waals surface area (Å²) in [6.07, 6.45) is -0.598. The Labute approximate surface area is 165 Å². The zero-order chi connectivity index (χ0) is 19.9. The van der Waals surface area contributed by atoms with Gasteiger partial charge in [0.25, 0.3) is 0 Å². The number of hydrogen-bond donors (Lipinski definition) is 0. The third-order valence-corrected chi connectivity index (χ3v) is 4.33. The fourth-order valence-corrected chi connectivity index (χ4v) is 2.84. The van der Waals surface area contributed by atoms with Crippen LogP contribution in [0.4, 0.5) is 0 Å². The maximum Gasteiger partial charge on any atom is 0.202 e. The second-order valence-corrected chi connectivity index (χ2v) is 6.30. The van der Waals surface area contributed by atoms with E-state index in [1.807, 2.05) is 43.3 Å². The van der Waals surface area contributed by atoms with Crippen LogP contribution < -0.4 is 9.47 Å².